The normalized spacial score (nSPS) is 21.7. The number of hydrogen-bond acceptors (Lipinski definition) is 8. The summed E-state index contributed by atoms with van der Waals surface area (Å²) in [5, 5.41) is 9.86. The van der Waals surface area contributed by atoms with E-state index in [1.165, 1.54) is 23.9 Å². The zero-order chi connectivity index (χ0) is 24.8. The molecule has 10 nitrogen and oxygen atoms in total. The Labute approximate surface area is 200 Å². The van der Waals surface area contributed by atoms with Crippen LogP contribution < -0.4 is 11.2 Å². The number of aliphatic hydroxyl groups excluding tert-OH is 1. The summed E-state index contributed by atoms with van der Waals surface area (Å²) in [5.74, 6) is -0.619. The molecule has 10 heteroatoms. The van der Waals surface area contributed by atoms with Gasteiger partial charge in [-0.3, -0.25) is 9.36 Å². The highest BCUT2D eigenvalue weighted by molar-refractivity contribution is 5.89. The van der Waals surface area contributed by atoms with Gasteiger partial charge in [0.25, 0.3) is 5.56 Å². The molecule has 0 radical (unpaired) electrons. The van der Waals surface area contributed by atoms with Gasteiger partial charge in [0.15, 0.2) is 12.3 Å². The van der Waals surface area contributed by atoms with E-state index >= 15 is 0 Å². The van der Waals surface area contributed by atoms with Crippen molar-refractivity contribution in [3.8, 4) is 0 Å². The summed E-state index contributed by atoms with van der Waals surface area (Å²) in [7, 11) is 1.38. The number of aromatic nitrogens is 2. The Morgan fingerprint density at radius 1 is 1.00 bits per heavy atom. The van der Waals surface area contributed by atoms with Gasteiger partial charge in [-0.1, -0.05) is 48.5 Å². The van der Waals surface area contributed by atoms with Crippen LogP contribution in [0.15, 0.2) is 82.5 Å². The number of hydrogen-bond donors (Lipinski definition) is 1. The second kappa shape index (κ2) is 11.2. The topological polar surface area (TPSA) is 118 Å². The number of benzene rings is 2. The third-order valence-electron chi connectivity index (χ3n) is 5.69. The lowest BCUT2D eigenvalue weighted by Crippen LogP contribution is -2.44. The van der Waals surface area contributed by atoms with Gasteiger partial charge in [-0.15, -0.1) is 0 Å². The van der Waals surface area contributed by atoms with Crippen LogP contribution in [0.3, 0.4) is 0 Å². The predicted molar refractivity (Wildman–Crippen MR) is 124 cm³/mol. The average molecular weight is 482 g/mol. The Balaban J connectivity index is 1.55. The fourth-order valence-electron chi connectivity index (χ4n) is 3.91. The largest absolute Gasteiger partial charge is 0.453 e. The number of carbonyl (C=O) groups excluding carboxylic acids is 1. The highest BCUT2D eigenvalue weighted by atomic mass is 16.6. The van der Waals surface area contributed by atoms with Gasteiger partial charge in [-0.25, -0.2) is 14.2 Å². The Kier molecular flexibility index (Phi) is 7.88. The summed E-state index contributed by atoms with van der Waals surface area (Å²) in [6.07, 6.45) is -2.64. The van der Waals surface area contributed by atoms with Crippen molar-refractivity contribution >= 4 is 5.97 Å². The quantitative estimate of drug-likeness (QED) is 0.454. The molecule has 1 aliphatic rings. The van der Waals surface area contributed by atoms with Crippen molar-refractivity contribution in [2.75, 3.05) is 13.7 Å². The standard InChI is InChI=1S/C25H26N2O8/c1-32-22-21(35-24(30)18-10-6-3-7-11-18)19(14-28)34-23(22)26-13-12-20(29)27(25(26)31)16-33-15-17-8-4-2-5-9-17/h2-13,19,21-23,28H,14-16H2,1H3/t19-,21-,22-,23-/m1/s1. The van der Waals surface area contributed by atoms with Crippen LogP contribution in [-0.2, 0) is 32.3 Å². The van der Waals surface area contributed by atoms with Gasteiger partial charge in [0, 0.05) is 19.4 Å². The number of carbonyl (C=O) groups is 1. The summed E-state index contributed by atoms with van der Waals surface area (Å²) >= 11 is 0. The fourth-order valence-corrected chi connectivity index (χ4v) is 3.91. The van der Waals surface area contributed by atoms with E-state index in [-0.39, 0.29) is 13.3 Å². The first-order valence-corrected chi connectivity index (χ1v) is 11.0. The van der Waals surface area contributed by atoms with E-state index in [0.717, 1.165) is 10.1 Å². The maximum Gasteiger partial charge on any atom is 0.338 e. The molecule has 1 saturated heterocycles. The Hall–Kier alpha value is -3.57. The van der Waals surface area contributed by atoms with E-state index in [1.807, 2.05) is 30.3 Å². The SMILES string of the molecule is CO[C@@H]1[C@H](OC(=O)c2ccccc2)[C@@H](CO)O[C@H]1n1ccc(=O)n(COCc2ccccc2)c1=O. The molecule has 1 aromatic heterocycles. The average Bonchev–Trinajstić information content (AvgIpc) is 3.24. The molecule has 0 saturated carbocycles. The number of esters is 1. The first-order valence-electron chi connectivity index (χ1n) is 11.0. The van der Waals surface area contributed by atoms with Gasteiger partial charge in [0.05, 0.1) is 18.8 Å². The molecule has 0 unspecified atom stereocenters. The Morgan fingerprint density at radius 2 is 1.69 bits per heavy atom. The van der Waals surface area contributed by atoms with Crippen molar-refractivity contribution in [3.05, 3.63) is 105 Å². The molecular weight excluding hydrogens is 456 g/mol. The summed E-state index contributed by atoms with van der Waals surface area (Å²) < 4.78 is 24.7. The minimum Gasteiger partial charge on any atom is -0.453 e. The number of nitrogens with zero attached hydrogens (tertiary/aromatic N) is 2. The molecule has 184 valence electrons. The van der Waals surface area contributed by atoms with E-state index < -0.39 is 48.4 Å². The van der Waals surface area contributed by atoms with Gasteiger partial charge in [0.2, 0.25) is 0 Å². The van der Waals surface area contributed by atoms with Crippen LogP contribution in [0.25, 0.3) is 0 Å². The van der Waals surface area contributed by atoms with Gasteiger partial charge in [0.1, 0.15) is 18.9 Å². The Bertz CT molecular complexity index is 1240. The highest BCUT2D eigenvalue weighted by Gasteiger charge is 2.48. The first-order chi connectivity index (χ1) is 17.0. The van der Waals surface area contributed by atoms with E-state index in [2.05, 4.69) is 0 Å². The lowest BCUT2D eigenvalue weighted by atomic mass is 10.1. The molecule has 35 heavy (non-hydrogen) atoms. The lowest BCUT2D eigenvalue weighted by Gasteiger charge is -2.23. The highest BCUT2D eigenvalue weighted by Crippen LogP contribution is 2.33. The molecule has 0 bridgehead atoms. The molecule has 1 fully saturated rings. The smallest absolute Gasteiger partial charge is 0.338 e. The van der Waals surface area contributed by atoms with Crippen LogP contribution >= 0.6 is 0 Å². The van der Waals surface area contributed by atoms with Crippen molar-refractivity contribution in [1.82, 2.24) is 9.13 Å². The van der Waals surface area contributed by atoms with Gasteiger partial charge < -0.3 is 24.1 Å². The molecule has 2 heterocycles. The maximum absolute atomic E-state index is 13.2. The zero-order valence-electron chi connectivity index (χ0n) is 19.1. The monoisotopic (exact) mass is 482 g/mol. The molecule has 4 atom stereocenters. The molecule has 2 aromatic carbocycles. The summed E-state index contributed by atoms with van der Waals surface area (Å²) in [4.78, 5) is 38.2. The molecular formula is C25H26N2O8. The summed E-state index contributed by atoms with van der Waals surface area (Å²) in [6.45, 7) is -0.530. The van der Waals surface area contributed by atoms with Crippen molar-refractivity contribution < 1.29 is 28.8 Å². The minimum absolute atomic E-state index is 0.215. The van der Waals surface area contributed by atoms with Crippen LogP contribution in [0, 0.1) is 0 Å². The van der Waals surface area contributed by atoms with E-state index in [9.17, 15) is 19.5 Å². The van der Waals surface area contributed by atoms with Crippen LogP contribution in [0.2, 0.25) is 0 Å². The van der Waals surface area contributed by atoms with Crippen LogP contribution in [-0.4, -0.2) is 52.2 Å². The van der Waals surface area contributed by atoms with E-state index in [4.69, 9.17) is 18.9 Å². The number of aliphatic hydroxyl groups is 1. The van der Waals surface area contributed by atoms with Crippen molar-refractivity contribution in [1.29, 1.82) is 0 Å². The van der Waals surface area contributed by atoms with E-state index in [1.54, 1.807) is 30.3 Å². The molecule has 1 N–H and O–H groups in total. The van der Waals surface area contributed by atoms with Crippen molar-refractivity contribution in [3.63, 3.8) is 0 Å². The van der Waals surface area contributed by atoms with Crippen LogP contribution in [0.5, 0.6) is 0 Å². The molecule has 0 aliphatic carbocycles. The number of ether oxygens (including phenoxy) is 4. The minimum atomic E-state index is -1.06. The maximum atomic E-state index is 13.2. The lowest BCUT2D eigenvalue weighted by molar-refractivity contribution is -0.0641. The molecule has 1 aliphatic heterocycles. The van der Waals surface area contributed by atoms with Gasteiger partial charge in [-0.05, 0) is 17.7 Å². The van der Waals surface area contributed by atoms with Crippen LogP contribution in [0.1, 0.15) is 22.1 Å². The molecule has 4 rings (SSSR count). The molecule has 0 spiro atoms. The third kappa shape index (κ3) is 5.41. The third-order valence-corrected chi connectivity index (χ3v) is 5.69. The second-order valence-electron chi connectivity index (χ2n) is 7.92. The van der Waals surface area contributed by atoms with Gasteiger partial charge >= 0.3 is 11.7 Å². The summed E-state index contributed by atoms with van der Waals surface area (Å²) in [6, 6.07) is 18.9. The van der Waals surface area contributed by atoms with Gasteiger partial charge in [-0.2, -0.15) is 0 Å². The van der Waals surface area contributed by atoms with Crippen molar-refractivity contribution in [2.45, 2.75) is 37.9 Å². The van der Waals surface area contributed by atoms with E-state index in [0.29, 0.717) is 5.56 Å². The second-order valence-corrected chi connectivity index (χ2v) is 7.92. The first kappa shape index (κ1) is 24.6. The molecule has 3 aromatic rings. The number of methoxy groups -OCH3 is 1. The number of rotatable bonds is 9. The zero-order valence-corrected chi connectivity index (χ0v) is 19.1. The molecule has 0 amide bonds. The predicted octanol–water partition coefficient (Wildman–Crippen LogP) is 1.31. The van der Waals surface area contributed by atoms with Crippen molar-refractivity contribution in [2.24, 2.45) is 0 Å². The fraction of sp³-hybridized carbons (Fsp3) is 0.320. The summed E-state index contributed by atoms with van der Waals surface area (Å²) in [5.41, 5.74) is -0.0191. The Morgan fingerprint density at radius 3 is 2.34 bits per heavy atom. The van der Waals surface area contributed by atoms with Crippen LogP contribution in [0.4, 0.5) is 0 Å².